The second-order valence-corrected chi connectivity index (χ2v) is 6.09. The third-order valence-corrected chi connectivity index (χ3v) is 4.24. The van der Waals surface area contributed by atoms with Crippen molar-refractivity contribution in [3.8, 4) is 0 Å². The summed E-state index contributed by atoms with van der Waals surface area (Å²) in [4.78, 5) is 23.6. The van der Waals surface area contributed by atoms with E-state index >= 15 is 0 Å². The Labute approximate surface area is 138 Å². The lowest BCUT2D eigenvalue weighted by Crippen LogP contribution is -2.19. The zero-order valence-corrected chi connectivity index (χ0v) is 13.2. The zero-order valence-electron chi connectivity index (χ0n) is 13.2. The van der Waals surface area contributed by atoms with Crippen molar-refractivity contribution in [3.05, 3.63) is 39.9 Å². The van der Waals surface area contributed by atoms with E-state index in [-0.39, 0.29) is 17.0 Å². The Hall–Kier alpha value is -2.41. The Kier molecular flexibility index (Phi) is 4.53. The third kappa shape index (κ3) is 3.12. The molecule has 4 N–H and O–H groups in total. The van der Waals surface area contributed by atoms with E-state index < -0.39 is 17.2 Å². The Bertz CT molecular complexity index is 843. The van der Waals surface area contributed by atoms with E-state index in [2.05, 4.69) is 5.32 Å². The first kappa shape index (κ1) is 16.4. The molecule has 0 amide bonds. The number of anilines is 1. The predicted octanol–water partition coefficient (Wildman–Crippen LogP) is 2.32. The second-order valence-electron chi connectivity index (χ2n) is 6.09. The van der Waals surface area contributed by atoms with Crippen molar-refractivity contribution in [1.82, 2.24) is 4.57 Å². The molecular formula is C17H20FN3O3. The highest BCUT2D eigenvalue weighted by atomic mass is 19.1. The predicted molar refractivity (Wildman–Crippen MR) is 90.2 cm³/mol. The maximum atomic E-state index is 14.3. The van der Waals surface area contributed by atoms with Crippen LogP contribution in [0.5, 0.6) is 0 Å². The number of aromatic nitrogens is 1. The molecule has 1 aliphatic carbocycles. The molecule has 1 fully saturated rings. The van der Waals surface area contributed by atoms with Crippen LogP contribution in [0.3, 0.4) is 0 Å². The van der Waals surface area contributed by atoms with Crippen LogP contribution in [0.25, 0.3) is 10.9 Å². The summed E-state index contributed by atoms with van der Waals surface area (Å²) < 4.78 is 16.1. The standard InChI is InChI=1S/C17H20FN3O3/c18-13-7-11-15(8-14(13)20-6-2-1-5-19)21(10-3-4-10)9-12(16(11)22)17(23)24/h7-10,20H,1-6,19H2,(H,23,24). The van der Waals surface area contributed by atoms with Gasteiger partial charge in [0.2, 0.25) is 5.43 Å². The van der Waals surface area contributed by atoms with Crippen LogP contribution in [0.4, 0.5) is 10.1 Å². The van der Waals surface area contributed by atoms with Crippen LogP contribution in [0.2, 0.25) is 0 Å². The van der Waals surface area contributed by atoms with Crippen molar-refractivity contribution in [2.75, 3.05) is 18.4 Å². The number of pyridine rings is 1. The van der Waals surface area contributed by atoms with Gasteiger partial charge in [-0.3, -0.25) is 4.79 Å². The number of nitrogens with two attached hydrogens (primary N) is 1. The van der Waals surface area contributed by atoms with Gasteiger partial charge in [-0.2, -0.15) is 0 Å². The first-order valence-corrected chi connectivity index (χ1v) is 8.08. The number of carboxylic acid groups (broad SMARTS) is 1. The number of hydrogen-bond donors (Lipinski definition) is 3. The van der Waals surface area contributed by atoms with Gasteiger partial charge in [-0.15, -0.1) is 0 Å². The zero-order chi connectivity index (χ0) is 17.3. The van der Waals surface area contributed by atoms with Crippen LogP contribution < -0.4 is 16.5 Å². The number of halogens is 1. The van der Waals surface area contributed by atoms with Gasteiger partial charge in [0.25, 0.3) is 0 Å². The SMILES string of the molecule is NCCCCNc1cc2c(cc1F)c(=O)c(C(=O)O)cn2C1CC1. The molecule has 128 valence electrons. The first-order valence-electron chi connectivity index (χ1n) is 8.08. The van der Waals surface area contributed by atoms with E-state index in [1.165, 1.54) is 6.20 Å². The summed E-state index contributed by atoms with van der Waals surface area (Å²) in [6.07, 6.45) is 4.89. The van der Waals surface area contributed by atoms with Crippen molar-refractivity contribution in [3.63, 3.8) is 0 Å². The number of nitrogens with one attached hydrogen (secondary N) is 1. The summed E-state index contributed by atoms with van der Waals surface area (Å²) in [5.74, 6) is -1.85. The minimum Gasteiger partial charge on any atom is -0.477 e. The highest BCUT2D eigenvalue weighted by molar-refractivity contribution is 5.93. The van der Waals surface area contributed by atoms with Crippen LogP contribution in [0.15, 0.2) is 23.1 Å². The quantitative estimate of drug-likeness (QED) is 0.676. The molecule has 1 aromatic heterocycles. The number of hydrogen-bond acceptors (Lipinski definition) is 4. The van der Waals surface area contributed by atoms with E-state index in [0.29, 0.717) is 24.3 Å². The van der Waals surface area contributed by atoms with E-state index in [0.717, 1.165) is 31.7 Å². The number of fused-ring (bicyclic) bond motifs is 1. The van der Waals surface area contributed by atoms with Gasteiger partial charge in [-0.1, -0.05) is 0 Å². The molecule has 0 unspecified atom stereocenters. The number of carbonyl (C=O) groups is 1. The maximum absolute atomic E-state index is 14.3. The molecule has 0 saturated heterocycles. The number of unbranched alkanes of at least 4 members (excludes halogenated alkanes) is 1. The topological polar surface area (TPSA) is 97.3 Å². The highest BCUT2D eigenvalue weighted by Gasteiger charge is 2.27. The summed E-state index contributed by atoms with van der Waals surface area (Å²) in [6, 6.07) is 2.90. The fraction of sp³-hybridized carbons (Fsp3) is 0.412. The summed E-state index contributed by atoms with van der Waals surface area (Å²) in [6.45, 7) is 1.17. The highest BCUT2D eigenvalue weighted by Crippen LogP contribution is 2.37. The largest absolute Gasteiger partial charge is 0.477 e. The maximum Gasteiger partial charge on any atom is 0.341 e. The Balaban J connectivity index is 2.07. The van der Waals surface area contributed by atoms with Gasteiger partial charge >= 0.3 is 5.97 Å². The fourth-order valence-electron chi connectivity index (χ4n) is 2.80. The molecule has 0 atom stereocenters. The molecule has 6 nitrogen and oxygen atoms in total. The summed E-state index contributed by atoms with van der Waals surface area (Å²) in [5.41, 5.74) is 5.35. The van der Waals surface area contributed by atoms with Gasteiger partial charge in [0.05, 0.1) is 11.2 Å². The summed E-state index contributed by atoms with van der Waals surface area (Å²) in [5, 5.41) is 12.3. The smallest absolute Gasteiger partial charge is 0.341 e. The van der Waals surface area contributed by atoms with Crippen LogP contribution in [0.1, 0.15) is 42.1 Å². The number of rotatable bonds is 7. The lowest BCUT2D eigenvalue weighted by Gasteiger charge is -2.14. The van der Waals surface area contributed by atoms with Gasteiger partial charge < -0.3 is 20.7 Å². The summed E-state index contributed by atoms with van der Waals surface area (Å²) in [7, 11) is 0. The van der Waals surface area contributed by atoms with Crippen LogP contribution in [-0.2, 0) is 0 Å². The number of aromatic carboxylic acids is 1. The van der Waals surface area contributed by atoms with Crippen molar-refractivity contribution >= 4 is 22.6 Å². The average Bonchev–Trinajstić information content (AvgIpc) is 3.37. The molecule has 7 heteroatoms. The van der Waals surface area contributed by atoms with Crippen LogP contribution in [-0.4, -0.2) is 28.7 Å². The molecule has 0 spiro atoms. The average molecular weight is 333 g/mol. The van der Waals surface area contributed by atoms with Crippen LogP contribution >= 0.6 is 0 Å². The molecule has 1 saturated carbocycles. The van der Waals surface area contributed by atoms with Crippen LogP contribution in [0, 0.1) is 5.82 Å². The normalized spacial score (nSPS) is 14.1. The fourth-order valence-corrected chi connectivity index (χ4v) is 2.80. The Morgan fingerprint density at radius 2 is 2.12 bits per heavy atom. The molecule has 0 bridgehead atoms. The van der Waals surface area contributed by atoms with Crippen molar-refractivity contribution in [1.29, 1.82) is 0 Å². The van der Waals surface area contributed by atoms with Crippen molar-refractivity contribution in [2.45, 2.75) is 31.7 Å². The Morgan fingerprint density at radius 3 is 2.75 bits per heavy atom. The minimum atomic E-state index is -1.29. The number of benzene rings is 1. The van der Waals surface area contributed by atoms with E-state index in [4.69, 9.17) is 5.73 Å². The molecule has 1 heterocycles. The van der Waals surface area contributed by atoms with E-state index in [1.807, 2.05) is 0 Å². The lowest BCUT2D eigenvalue weighted by molar-refractivity contribution is 0.0695. The molecule has 2 aromatic rings. The van der Waals surface area contributed by atoms with Gasteiger partial charge in [-0.25, -0.2) is 9.18 Å². The van der Waals surface area contributed by atoms with Gasteiger partial charge in [-0.05, 0) is 44.4 Å². The molecule has 1 aliphatic rings. The molecule has 3 rings (SSSR count). The second kappa shape index (κ2) is 6.60. The monoisotopic (exact) mass is 333 g/mol. The summed E-state index contributed by atoms with van der Waals surface area (Å²) >= 11 is 0. The number of nitrogens with zero attached hydrogens (tertiary/aromatic N) is 1. The molecular weight excluding hydrogens is 313 g/mol. The molecule has 24 heavy (non-hydrogen) atoms. The van der Waals surface area contributed by atoms with Gasteiger partial charge in [0.1, 0.15) is 11.4 Å². The van der Waals surface area contributed by atoms with E-state index in [9.17, 15) is 19.1 Å². The molecule has 0 aliphatic heterocycles. The molecule has 0 radical (unpaired) electrons. The van der Waals surface area contributed by atoms with Crippen molar-refractivity contribution in [2.24, 2.45) is 5.73 Å². The lowest BCUT2D eigenvalue weighted by atomic mass is 10.1. The van der Waals surface area contributed by atoms with Gasteiger partial charge in [0.15, 0.2) is 0 Å². The Morgan fingerprint density at radius 1 is 1.38 bits per heavy atom. The van der Waals surface area contributed by atoms with E-state index in [1.54, 1.807) is 10.6 Å². The first-order chi connectivity index (χ1) is 11.5. The van der Waals surface area contributed by atoms with Gasteiger partial charge in [0, 0.05) is 24.2 Å². The van der Waals surface area contributed by atoms with Crippen molar-refractivity contribution < 1.29 is 14.3 Å². The number of carboxylic acids is 1. The minimum absolute atomic E-state index is 0.104. The third-order valence-electron chi connectivity index (χ3n) is 4.24. The molecule has 1 aromatic carbocycles.